The number of halogens is 4. The molecule has 0 aromatic heterocycles. The topological polar surface area (TPSA) is 59.6 Å². The summed E-state index contributed by atoms with van der Waals surface area (Å²) >= 11 is 24.4. The Hall–Kier alpha value is -2.62. The van der Waals surface area contributed by atoms with E-state index < -0.39 is 6.04 Å². The number of thiocarbonyl (C=S) groups is 1. The van der Waals surface area contributed by atoms with Gasteiger partial charge in [-0.15, -0.1) is 0 Å². The van der Waals surface area contributed by atoms with Crippen LogP contribution in [0.15, 0.2) is 66.7 Å². The Kier molecular flexibility index (Phi) is 8.87. The fraction of sp³-hybridized carbons (Fsp3) is 0.200. The molecule has 0 spiro atoms. The molecule has 1 atom stereocenters. The summed E-state index contributed by atoms with van der Waals surface area (Å²) in [4.78, 5) is 17.6. The smallest absolute Gasteiger partial charge is 0.260 e. The number of hydrazine groups is 1. The zero-order valence-electron chi connectivity index (χ0n) is 19.0. The first kappa shape index (κ1) is 26.4. The Labute approximate surface area is 229 Å². The number of nitrogens with zero attached hydrogens (tertiary/aromatic N) is 2. The average molecular weight is 567 g/mol. The predicted octanol–water partition coefficient (Wildman–Crippen LogP) is 5.67. The first-order valence-corrected chi connectivity index (χ1v) is 12.7. The van der Waals surface area contributed by atoms with Gasteiger partial charge in [-0.3, -0.25) is 20.5 Å². The molecular weight excluding hydrogens is 544 g/mol. The molecule has 1 fully saturated rings. The minimum absolute atomic E-state index is 0.160. The van der Waals surface area contributed by atoms with Crippen molar-refractivity contribution in [2.45, 2.75) is 6.04 Å². The van der Waals surface area contributed by atoms with Crippen LogP contribution in [0.2, 0.25) is 15.1 Å². The molecule has 1 heterocycles. The molecule has 4 rings (SSSR count). The number of carbonyl (C=O) groups excluding carboxylic acids is 1. The Bertz CT molecular complexity index is 1240. The van der Waals surface area contributed by atoms with Gasteiger partial charge >= 0.3 is 0 Å². The highest BCUT2D eigenvalue weighted by Gasteiger charge is 2.32. The van der Waals surface area contributed by atoms with Crippen LogP contribution in [-0.4, -0.2) is 42.1 Å². The lowest BCUT2D eigenvalue weighted by atomic mass is 10.0. The molecule has 3 N–H and O–H groups in total. The molecule has 1 aliphatic heterocycles. The van der Waals surface area contributed by atoms with Crippen molar-refractivity contribution in [3.63, 3.8) is 0 Å². The molecular formula is C25H23Cl3FN5OS. The van der Waals surface area contributed by atoms with Crippen LogP contribution < -0.4 is 21.1 Å². The highest BCUT2D eigenvalue weighted by Crippen LogP contribution is 2.34. The van der Waals surface area contributed by atoms with Gasteiger partial charge in [-0.1, -0.05) is 59.1 Å². The van der Waals surface area contributed by atoms with E-state index in [2.05, 4.69) is 26.0 Å². The SMILES string of the molecule is O=C(NNC(=S)Nc1ccc(F)cc1)C(c1ccccc1Cl)N1CCN(c2cccc(Cl)c2Cl)CC1. The molecule has 1 amide bonds. The molecule has 6 nitrogen and oxygen atoms in total. The standard InChI is InChI=1S/C25H23Cl3FN5OS/c26-19-5-2-1-4-18(19)23(24(35)31-32-25(36)30-17-10-8-16(29)9-11-17)34-14-12-33(13-15-34)21-7-3-6-20(27)22(21)28/h1-11,23H,12-15H2,(H,31,35)(H2,30,32,36). The summed E-state index contributed by atoms with van der Waals surface area (Å²) in [6.07, 6.45) is 0. The van der Waals surface area contributed by atoms with Crippen molar-refractivity contribution < 1.29 is 9.18 Å². The van der Waals surface area contributed by atoms with Gasteiger partial charge < -0.3 is 10.2 Å². The summed E-state index contributed by atoms with van der Waals surface area (Å²) in [6.45, 7) is 2.47. The van der Waals surface area contributed by atoms with E-state index in [0.717, 1.165) is 5.69 Å². The van der Waals surface area contributed by atoms with Crippen LogP contribution in [0.1, 0.15) is 11.6 Å². The molecule has 188 valence electrons. The largest absolute Gasteiger partial charge is 0.368 e. The summed E-state index contributed by atoms with van der Waals surface area (Å²) in [5, 5.41) is 4.56. The number of hydrogen-bond acceptors (Lipinski definition) is 4. The third-order valence-electron chi connectivity index (χ3n) is 5.80. The van der Waals surface area contributed by atoms with E-state index in [1.807, 2.05) is 30.3 Å². The van der Waals surface area contributed by atoms with Gasteiger partial charge in [-0.2, -0.15) is 0 Å². The van der Waals surface area contributed by atoms with Crippen molar-refractivity contribution in [1.82, 2.24) is 15.8 Å². The van der Waals surface area contributed by atoms with Gasteiger partial charge in [0.05, 0.1) is 15.7 Å². The second-order valence-corrected chi connectivity index (χ2v) is 9.70. The van der Waals surface area contributed by atoms with Crippen molar-refractivity contribution in [3.05, 3.63) is 93.2 Å². The molecule has 3 aromatic carbocycles. The van der Waals surface area contributed by atoms with Gasteiger partial charge in [0.1, 0.15) is 11.9 Å². The van der Waals surface area contributed by atoms with E-state index in [4.69, 9.17) is 47.0 Å². The lowest BCUT2D eigenvalue weighted by Crippen LogP contribution is -2.54. The number of benzene rings is 3. The maximum atomic E-state index is 13.4. The van der Waals surface area contributed by atoms with Crippen molar-refractivity contribution >= 4 is 69.4 Å². The number of hydrogen-bond donors (Lipinski definition) is 3. The van der Waals surface area contributed by atoms with Gasteiger partial charge in [0.15, 0.2) is 5.11 Å². The van der Waals surface area contributed by atoms with E-state index in [9.17, 15) is 9.18 Å². The first-order valence-electron chi connectivity index (χ1n) is 11.1. The molecule has 3 aromatic rings. The van der Waals surface area contributed by atoms with Gasteiger partial charge in [0, 0.05) is 36.9 Å². The number of amides is 1. The van der Waals surface area contributed by atoms with Crippen LogP contribution in [0.5, 0.6) is 0 Å². The average Bonchev–Trinajstić information content (AvgIpc) is 2.88. The molecule has 36 heavy (non-hydrogen) atoms. The highest BCUT2D eigenvalue weighted by molar-refractivity contribution is 7.80. The molecule has 11 heteroatoms. The van der Waals surface area contributed by atoms with E-state index >= 15 is 0 Å². The lowest BCUT2D eigenvalue weighted by Gasteiger charge is -2.40. The third kappa shape index (κ3) is 6.38. The van der Waals surface area contributed by atoms with Gasteiger partial charge in [-0.25, -0.2) is 4.39 Å². The maximum Gasteiger partial charge on any atom is 0.260 e. The normalized spacial score (nSPS) is 14.7. The Morgan fingerprint density at radius 3 is 2.22 bits per heavy atom. The van der Waals surface area contributed by atoms with Crippen LogP contribution in [0.3, 0.4) is 0 Å². The molecule has 1 saturated heterocycles. The second kappa shape index (κ2) is 12.1. The van der Waals surface area contributed by atoms with Gasteiger partial charge in [0.2, 0.25) is 0 Å². The zero-order valence-corrected chi connectivity index (χ0v) is 22.1. The minimum Gasteiger partial charge on any atom is -0.368 e. The molecule has 0 saturated carbocycles. The van der Waals surface area contributed by atoms with Crippen LogP contribution >= 0.6 is 47.0 Å². The second-order valence-electron chi connectivity index (χ2n) is 8.10. The van der Waals surface area contributed by atoms with Crippen LogP contribution in [0.25, 0.3) is 0 Å². The fourth-order valence-electron chi connectivity index (χ4n) is 4.04. The summed E-state index contributed by atoms with van der Waals surface area (Å²) in [5.74, 6) is -0.673. The van der Waals surface area contributed by atoms with Crippen molar-refractivity contribution in [1.29, 1.82) is 0 Å². The number of rotatable bonds is 5. The number of anilines is 2. The van der Waals surface area contributed by atoms with Crippen LogP contribution in [0, 0.1) is 5.82 Å². The summed E-state index contributed by atoms with van der Waals surface area (Å²) in [7, 11) is 0. The monoisotopic (exact) mass is 565 g/mol. The Balaban J connectivity index is 1.45. The van der Waals surface area contributed by atoms with Crippen molar-refractivity contribution in [3.8, 4) is 0 Å². The third-order valence-corrected chi connectivity index (χ3v) is 7.16. The molecule has 0 aliphatic carbocycles. The lowest BCUT2D eigenvalue weighted by molar-refractivity contribution is -0.127. The zero-order chi connectivity index (χ0) is 25.7. The van der Waals surface area contributed by atoms with Gasteiger partial charge in [-0.05, 0) is 60.2 Å². The Morgan fingerprint density at radius 1 is 0.861 bits per heavy atom. The molecule has 0 bridgehead atoms. The van der Waals surface area contributed by atoms with Crippen molar-refractivity contribution in [2.75, 3.05) is 36.4 Å². The van der Waals surface area contributed by atoms with Gasteiger partial charge in [0.25, 0.3) is 5.91 Å². The van der Waals surface area contributed by atoms with Crippen molar-refractivity contribution in [2.24, 2.45) is 0 Å². The van der Waals surface area contributed by atoms with E-state index in [0.29, 0.717) is 52.5 Å². The number of nitrogens with one attached hydrogen (secondary N) is 3. The minimum atomic E-state index is -0.656. The quantitative estimate of drug-likeness (QED) is 0.273. The summed E-state index contributed by atoms with van der Waals surface area (Å²) < 4.78 is 13.1. The molecule has 0 radical (unpaired) electrons. The number of piperazine rings is 1. The molecule has 1 unspecified atom stereocenters. The van der Waals surface area contributed by atoms with Crippen LogP contribution in [0.4, 0.5) is 15.8 Å². The molecule has 1 aliphatic rings. The number of carbonyl (C=O) groups is 1. The summed E-state index contributed by atoms with van der Waals surface area (Å²) in [5.41, 5.74) is 7.53. The Morgan fingerprint density at radius 2 is 1.53 bits per heavy atom. The maximum absolute atomic E-state index is 13.4. The fourth-order valence-corrected chi connectivity index (χ4v) is 4.86. The summed E-state index contributed by atoms with van der Waals surface area (Å²) in [6, 6.07) is 17.9. The first-order chi connectivity index (χ1) is 17.3. The highest BCUT2D eigenvalue weighted by atomic mass is 35.5. The predicted molar refractivity (Wildman–Crippen MR) is 148 cm³/mol. The van der Waals surface area contributed by atoms with E-state index in [-0.39, 0.29) is 16.8 Å². The van der Waals surface area contributed by atoms with Crippen LogP contribution in [-0.2, 0) is 4.79 Å². The van der Waals surface area contributed by atoms with E-state index in [1.54, 1.807) is 24.3 Å². The van der Waals surface area contributed by atoms with E-state index in [1.165, 1.54) is 12.1 Å².